The third-order valence-corrected chi connectivity index (χ3v) is 9.96. The Morgan fingerprint density at radius 2 is 1.35 bits per heavy atom. The summed E-state index contributed by atoms with van der Waals surface area (Å²) in [5.74, 6) is 0.685. The van der Waals surface area contributed by atoms with Gasteiger partial charge in [0.1, 0.15) is 0 Å². The van der Waals surface area contributed by atoms with Crippen LogP contribution < -0.4 is 0 Å². The van der Waals surface area contributed by atoms with Crippen LogP contribution in [0.3, 0.4) is 0 Å². The second-order valence-corrected chi connectivity index (χ2v) is 10.7. The summed E-state index contributed by atoms with van der Waals surface area (Å²) in [6, 6.07) is 1.13. The SMILES string of the molecule is CCCCCCC[Si](OC)(OC)C(C)(C)C(CC)CC. The van der Waals surface area contributed by atoms with Gasteiger partial charge in [-0.1, -0.05) is 79.6 Å². The number of hydrogen-bond acceptors (Lipinski definition) is 2. The maximum atomic E-state index is 6.06. The highest BCUT2D eigenvalue weighted by atomic mass is 28.4. The fourth-order valence-electron chi connectivity index (χ4n) is 3.72. The van der Waals surface area contributed by atoms with Gasteiger partial charge in [0.05, 0.1) is 0 Å². The summed E-state index contributed by atoms with van der Waals surface area (Å²) in [4.78, 5) is 0. The predicted octanol–water partition coefficient (Wildman–Crippen LogP) is 5.91. The molecule has 0 aromatic rings. The lowest BCUT2D eigenvalue weighted by molar-refractivity contribution is 0.178. The maximum Gasteiger partial charge on any atom is 0.343 e. The van der Waals surface area contributed by atoms with Gasteiger partial charge in [-0.15, -0.1) is 0 Å². The molecule has 0 heterocycles. The molecule has 0 fully saturated rings. The Morgan fingerprint density at radius 3 is 1.75 bits per heavy atom. The Bertz CT molecular complexity index is 233. The van der Waals surface area contributed by atoms with E-state index in [9.17, 15) is 0 Å². The molecule has 0 rings (SSSR count). The van der Waals surface area contributed by atoms with Gasteiger partial charge in [-0.3, -0.25) is 0 Å². The Balaban J connectivity index is 4.80. The monoisotopic (exact) mass is 302 g/mol. The van der Waals surface area contributed by atoms with Crippen LogP contribution in [0.2, 0.25) is 11.1 Å². The van der Waals surface area contributed by atoms with Crippen LogP contribution in [0.1, 0.15) is 79.6 Å². The van der Waals surface area contributed by atoms with E-state index in [2.05, 4.69) is 34.6 Å². The number of rotatable bonds is 12. The molecule has 0 aromatic heterocycles. The lowest BCUT2D eigenvalue weighted by atomic mass is 9.90. The second-order valence-electron chi connectivity index (χ2n) is 6.56. The molecule has 0 aromatic carbocycles. The van der Waals surface area contributed by atoms with E-state index in [4.69, 9.17) is 8.85 Å². The van der Waals surface area contributed by atoms with Crippen molar-refractivity contribution in [3.63, 3.8) is 0 Å². The van der Waals surface area contributed by atoms with E-state index in [0.29, 0.717) is 5.92 Å². The first-order chi connectivity index (χ1) is 9.45. The molecule has 0 unspecified atom stereocenters. The minimum atomic E-state index is -2.14. The smallest absolute Gasteiger partial charge is 0.343 e. The van der Waals surface area contributed by atoms with Gasteiger partial charge >= 0.3 is 8.56 Å². The summed E-state index contributed by atoms with van der Waals surface area (Å²) < 4.78 is 12.1. The molecule has 20 heavy (non-hydrogen) atoms. The molecular formula is C17H38O2Si. The van der Waals surface area contributed by atoms with Gasteiger partial charge in [0, 0.05) is 19.3 Å². The predicted molar refractivity (Wildman–Crippen MR) is 91.5 cm³/mol. The largest absolute Gasteiger partial charge is 0.397 e. The third kappa shape index (κ3) is 4.85. The third-order valence-electron chi connectivity index (χ3n) is 5.26. The van der Waals surface area contributed by atoms with Crippen LogP contribution in [0, 0.1) is 5.92 Å². The molecule has 0 amide bonds. The summed E-state index contributed by atoms with van der Waals surface area (Å²) in [7, 11) is 1.60. The number of hydrogen-bond donors (Lipinski definition) is 0. The molecule has 0 bridgehead atoms. The summed E-state index contributed by atoms with van der Waals surface area (Å²) in [5.41, 5.74) is 0. The van der Waals surface area contributed by atoms with Gasteiger partial charge in [-0.2, -0.15) is 0 Å². The van der Waals surface area contributed by atoms with Crippen molar-refractivity contribution in [1.29, 1.82) is 0 Å². The van der Waals surface area contributed by atoms with Gasteiger partial charge in [0.2, 0.25) is 0 Å². The highest BCUT2D eigenvalue weighted by molar-refractivity contribution is 6.70. The maximum absolute atomic E-state index is 6.06. The van der Waals surface area contributed by atoms with E-state index in [-0.39, 0.29) is 5.04 Å². The van der Waals surface area contributed by atoms with Crippen molar-refractivity contribution in [3.05, 3.63) is 0 Å². The van der Waals surface area contributed by atoms with Crippen molar-refractivity contribution in [2.24, 2.45) is 5.92 Å². The molecular weight excluding hydrogens is 264 g/mol. The van der Waals surface area contributed by atoms with Crippen molar-refractivity contribution >= 4 is 8.56 Å². The average Bonchev–Trinajstić information content (AvgIpc) is 2.44. The first-order valence-corrected chi connectivity index (χ1v) is 10.6. The fourth-order valence-corrected chi connectivity index (χ4v) is 7.73. The molecule has 0 N–H and O–H groups in total. The van der Waals surface area contributed by atoms with Crippen molar-refractivity contribution in [2.45, 2.75) is 90.6 Å². The quantitative estimate of drug-likeness (QED) is 0.329. The molecule has 0 radical (unpaired) electrons. The minimum absolute atomic E-state index is 0.171. The first-order valence-electron chi connectivity index (χ1n) is 8.55. The molecule has 2 nitrogen and oxygen atoms in total. The lowest BCUT2D eigenvalue weighted by Crippen LogP contribution is -2.52. The van der Waals surface area contributed by atoms with Crippen molar-refractivity contribution in [1.82, 2.24) is 0 Å². The van der Waals surface area contributed by atoms with Crippen LogP contribution in [-0.2, 0) is 8.85 Å². The molecule has 0 saturated carbocycles. The van der Waals surface area contributed by atoms with Crippen LogP contribution in [-0.4, -0.2) is 22.8 Å². The van der Waals surface area contributed by atoms with E-state index in [0.717, 1.165) is 6.04 Å². The Kier molecular flexibility index (Phi) is 10.0. The fraction of sp³-hybridized carbons (Fsp3) is 1.00. The van der Waals surface area contributed by atoms with Gasteiger partial charge in [0.15, 0.2) is 0 Å². The van der Waals surface area contributed by atoms with Crippen molar-refractivity contribution < 1.29 is 8.85 Å². The summed E-state index contributed by atoms with van der Waals surface area (Å²) >= 11 is 0. The summed E-state index contributed by atoms with van der Waals surface area (Å²) in [6.07, 6.45) is 8.98. The van der Waals surface area contributed by atoms with Crippen LogP contribution >= 0.6 is 0 Å². The van der Waals surface area contributed by atoms with Crippen LogP contribution in [0.15, 0.2) is 0 Å². The number of unbranched alkanes of at least 4 members (excludes halogenated alkanes) is 4. The lowest BCUT2D eigenvalue weighted by Gasteiger charge is -2.46. The molecule has 0 aliphatic rings. The molecule has 0 saturated heterocycles. The molecule has 0 spiro atoms. The van der Waals surface area contributed by atoms with Crippen LogP contribution in [0.4, 0.5) is 0 Å². The molecule has 3 heteroatoms. The molecule has 0 atom stereocenters. The Labute approximate surface area is 128 Å². The van der Waals surface area contributed by atoms with Gasteiger partial charge in [0.25, 0.3) is 0 Å². The summed E-state index contributed by atoms with van der Waals surface area (Å²) in [6.45, 7) is 11.6. The van der Waals surface area contributed by atoms with Crippen LogP contribution in [0.5, 0.6) is 0 Å². The summed E-state index contributed by atoms with van der Waals surface area (Å²) in [5, 5.41) is 0.171. The van der Waals surface area contributed by atoms with E-state index >= 15 is 0 Å². The second kappa shape index (κ2) is 9.96. The normalized spacial score (nSPS) is 13.2. The van der Waals surface area contributed by atoms with Gasteiger partial charge in [-0.05, 0) is 12.0 Å². The zero-order valence-electron chi connectivity index (χ0n) is 15.1. The van der Waals surface area contributed by atoms with E-state index in [1.54, 1.807) is 0 Å². The molecule has 122 valence electrons. The van der Waals surface area contributed by atoms with E-state index in [1.807, 2.05) is 14.2 Å². The van der Waals surface area contributed by atoms with Crippen LogP contribution in [0.25, 0.3) is 0 Å². The highest BCUT2D eigenvalue weighted by Crippen LogP contribution is 2.50. The minimum Gasteiger partial charge on any atom is -0.397 e. The zero-order chi connectivity index (χ0) is 15.6. The standard InChI is InChI=1S/C17H38O2Si/c1-8-11-12-13-14-15-20(18-6,19-7)17(4,5)16(9-2)10-3/h16H,8-15H2,1-7H3. The molecule has 0 aliphatic heterocycles. The Morgan fingerprint density at radius 1 is 0.850 bits per heavy atom. The van der Waals surface area contributed by atoms with Crippen molar-refractivity contribution in [2.75, 3.05) is 14.2 Å². The zero-order valence-corrected chi connectivity index (χ0v) is 16.1. The van der Waals surface area contributed by atoms with E-state index in [1.165, 1.54) is 44.9 Å². The highest BCUT2D eigenvalue weighted by Gasteiger charge is 2.53. The van der Waals surface area contributed by atoms with E-state index < -0.39 is 8.56 Å². The van der Waals surface area contributed by atoms with Gasteiger partial charge in [-0.25, -0.2) is 0 Å². The van der Waals surface area contributed by atoms with Crippen molar-refractivity contribution in [3.8, 4) is 0 Å². The first kappa shape index (κ1) is 20.1. The molecule has 0 aliphatic carbocycles. The Hall–Kier alpha value is 0.137. The van der Waals surface area contributed by atoms with Gasteiger partial charge < -0.3 is 8.85 Å². The topological polar surface area (TPSA) is 18.5 Å². The average molecular weight is 303 g/mol.